The molecule has 3 rings (SSSR count). The number of hydrogen-bond donors (Lipinski definition) is 1. The van der Waals surface area contributed by atoms with Crippen LogP contribution < -0.4 is 10.1 Å². The maximum atomic E-state index is 13.6. The molecule has 0 saturated carbocycles. The molecule has 36 heavy (non-hydrogen) atoms. The second-order valence-electron chi connectivity index (χ2n) is 9.18. The minimum Gasteiger partial charge on any atom is -0.484 e. The van der Waals surface area contributed by atoms with Crippen molar-refractivity contribution in [2.24, 2.45) is 0 Å². The van der Waals surface area contributed by atoms with Crippen LogP contribution in [0.5, 0.6) is 5.75 Å². The van der Waals surface area contributed by atoms with E-state index in [2.05, 4.69) is 5.32 Å². The van der Waals surface area contributed by atoms with Gasteiger partial charge in [0, 0.05) is 29.1 Å². The number of amides is 2. The topological polar surface area (TPSA) is 58.6 Å². The molecule has 5 nitrogen and oxygen atoms in total. The van der Waals surface area contributed by atoms with Crippen molar-refractivity contribution < 1.29 is 14.3 Å². The standard InChI is InChI=1S/C29H32Cl2N2O3/c1-19(2)32-29(35)26(16-22-9-6-5-7-10-22)33(17-23-11-8-12-24(30)15-23)27(34)18-36-25-13-20(3)28(31)21(4)14-25/h5-15,19,26H,16-18H2,1-4H3,(H,32,35)/t26-/m0/s1. The summed E-state index contributed by atoms with van der Waals surface area (Å²) in [5, 5.41) is 4.21. The van der Waals surface area contributed by atoms with Crippen LogP contribution in [0.1, 0.15) is 36.1 Å². The predicted molar refractivity (Wildman–Crippen MR) is 146 cm³/mol. The second kappa shape index (κ2) is 12.8. The van der Waals surface area contributed by atoms with Gasteiger partial charge in [-0.05, 0) is 74.2 Å². The molecule has 2 amide bonds. The second-order valence-corrected chi connectivity index (χ2v) is 9.99. The summed E-state index contributed by atoms with van der Waals surface area (Å²) in [5.41, 5.74) is 3.51. The van der Waals surface area contributed by atoms with E-state index in [1.165, 1.54) is 0 Å². The molecule has 0 spiro atoms. The van der Waals surface area contributed by atoms with Gasteiger partial charge in [0.15, 0.2) is 6.61 Å². The van der Waals surface area contributed by atoms with Crippen LogP contribution in [-0.4, -0.2) is 35.4 Å². The fourth-order valence-electron chi connectivity index (χ4n) is 3.98. The highest BCUT2D eigenvalue weighted by atomic mass is 35.5. The zero-order valence-corrected chi connectivity index (χ0v) is 22.6. The third-order valence-corrected chi connectivity index (χ3v) is 6.55. The Bertz CT molecular complexity index is 1180. The molecule has 190 valence electrons. The van der Waals surface area contributed by atoms with E-state index < -0.39 is 6.04 Å². The average Bonchev–Trinajstić information content (AvgIpc) is 2.83. The van der Waals surface area contributed by atoms with Gasteiger partial charge in [-0.25, -0.2) is 0 Å². The lowest BCUT2D eigenvalue weighted by atomic mass is 10.0. The van der Waals surface area contributed by atoms with Crippen molar-refractivity contribution in [3.8, 4) is 5.75 Å². The summed E-state index contributed by atoms with van der Waals surface area (Å²) in [7, 11) is 0. The molecule has 0 unspecified atom stereocenters. The highest BCUT2D eigenvalue weighted by Gasteiger charge is 2.31. The number of nitrogens with zero attached hydrogens (tertiary/aromatic N) is 1. The fraction of sp³-hybridized carbons (Fsp3) is 0.310. The number of carbonyl (C=O) groups excluding carboxylic acids is 2. The minimum absolute atomic E-state index is 0.0739. The van der Waals surface area contributed by atoms with E-state index >= 15 is 0 Å². The SMILES string of the molecule is Cc1cc(OCC(=O)N(Cc2cccc(Cl)c2)[C@@H](Cc2ccccc2)C(=O)NC(C)C)cc(C)c1Cl. The molecule has 0 aliphatic carbocycles. The van der Waals surface area contributed by atoms with Gasteiger partial charge in [-0.3, -0.25) is 9.59 Å². The first kappa shape index (κ1) is 27.6. The molecule has 0 radical (unpaired) electrons. The molecule has 3 aromatic rings. The van der Waals surface area contributed by atoms with E-state index in [0.717, 1.165) is 22.3 Å². The van der Waals surface area contributed by atoms with Crippen LogP contribution in [0.4, 0.5) is 0 Å². The van der Waals surface area contributed by atoms with Crippen molar-refractivity contribution in [3.05, 3.63) is 99.0 Å². The summed E-state index contributed by atoms with van der Waals surface area (Å²) >= 11 is 12.5. The lowest BCUT2D eigenvalue weighted by molar-refractivity contribution is -0.143. The maximum absolute atomic E-state index is 13.6. The van der Waals surface area contributed by atoms with Crippen molar-refractivity contribution >= 4 is 35.0 Å². The van der Waals surface area contributed by atoms with Crippen LogP contribution in [0.2, 0.25) is 10.0 Å². The first-order chi connectivity index (χ1) is 17.1. The van der Waals surface area contributed by atoms with Crippen molar-refractivity contribution in [3.63, 3.8) is 0 Å². The van der Waals surface area contributed by atoms with E-state index in [9.17, 15) is 9.59 Å². The number of rotatable bonds is 10. The Morgan fingerprint density at radius 1 is 0.917 bits per heavy atom. The van der Waals surface area contributed by atoms with Crippen LogP contribution in [0, 0.1) is 13.8 Å². The van der Waals surface area contributed by atoms with E-state index in [1.54, 1.807) is 29.2 Å². The van der Waals surface area contributed by atoms with E-state index in [1.807, 2.05) is 70.2 Å². The average molecular weight is 527 g/mol. The zero-order chi connectivity index (χ0) is 26.2. The molecule has 0 aliphatic rings. The van der Waals surface area contributed by atoms with Crippen molar-refractivity contribution in [1.29, 1.82) is 0 Å². The molecule has 0 heterocycles. The van der Waals surface area contributed by atoms with Crippen molar-refractivity contribution in [1.82, 2.24) is 10.2 Å². The van der Waals surface area contributed by atoms with Crippen LogP contribution in [-0.2, 0) is 22.6 Å². The molecule has 0 saturated heterocycles. The first-order valence-electron chi connectivity index (χ1n) is 11.9. The molecule has 0 bridgehead atoms. The Hall–Kier alpha value is -3.02. The summed E-state index contributed by atoms with van der Waals surface area (Å²) < 4.78 is 5.88. The molecule has 3 aromatic carbocycles. The molecule has 0 aliphatic heterocycles. The first-order valence-corrected chi connectivity index (χ1v) is 12.7. The molecule has 0 fully saturated rings. The third-order valence-electron chi connectivity index (χ3n) is 5.72. The van der Waals surface area contributed by atoms with Gasteiger partial charge >= 0.3 is 0 Å². The lowest BCUT2D eigenvalue weighted by Gasteiger charge is -2.32. The summed E-state index contributed by atoms with van der Waals surface area (Å²) in [6.45, 7) is 7.57. The Morgan fingerprint density at radius 3 is 2.17 bits per heavy atom. The summed E-state index contributed by atoms with van der Waals surface area (Å²) in [6.07, 6.45) is 0.366. The van der Waals surface area contributed by atoms with Gasteiger partial charge in [0.2, 0.25) is 5.91 Å². The number of halogens is 2. The quantitative estimate of drug-likeness (QED) is 0.344. The van der Waals surface area contributed by atoms with E-state index in [4.69, 9.17) is 27.9 Å². The number of benzene rings is 3. The molecule has 7 heteroatoms. The molecular weight excluding hydrogens is 495 g/mol. The summed E-state index contributed by atoms with van der Waals surface area (Å²) in [5.74, 6) is 0.0270. The maximum Gasteiger partial charge on any atom is 0.261 e. The largest absolute Gasteiger partial charge is 0.484 e. The van der Waals surface area contributed by atoms with Gasteiger partial charge in [0.05, 0.1) is 0 Å². The van der Waals surface area contributed by atoms with Gasteiger partial charge in [-0.2, -0.15) is 0 Å². The highest BCUT2D eigenvalue weighted by Crippen LogP contribution is 2.26. The van der Waals surface area contributed by atoms with Crippen LogP contribution in [0.25, 0.3) is 0 Å². The van der Waals surface area contributed by atoms with Gasteiger partial charge in [-0.1, -0.05) is 65.7 Å². The Balaban J connectivity index is 1.92. The minimum atomic E-state index is -0.737. The van der Waals surface area contributed by atoms with Crippen LogP contribution in [0.3, 0.4) is 0 Å². The Morgan fingerprint density at radius 2 is 1.56 bits per heavy atom. The van der Waals surface area contributed by atoms with Crippen molar-refractivity contribution in [2.45, 2.75) is 52.7 Å². The van der Waals surface area contributed by atoms with Gasteiger partial charge in [0.25, 0.3) is 5.91 Å². The smallest absolute Gasteiger partial charge is 0.261 e. The van der Waals surface area contributed by atoms with E-state index in [0.29, 0.717) is 22.2 Å². The third kappa shape index (κ3) is 7.74. The molecular formula is C29H32Cl2N2O3. The lowest BCUT2D eigenvalue weighted by Crippen LogP contribution is -2.52. The number of hydrogen-bond acceptors (Lipinski definition) is 3. The molecule has 1 atom stereocenters. The Kier molecular flexibility index (Phi) is 9.80. The van der Waals surface area contributed by atoms with Crippen molar-refractivity contribution in [2.75, 3.05) is 6.61 Å². The van der Waals surface area contributed by atoms with Gasteiger partial charge < -0.3 is 15.0 Å². The monoisotopic (exact) mass is 526 g/mol. The van der Waals surface area contributed by atoms with Crippen LogP contribution >= 0.6 is 23.2 Å². The van der Waals surface area contributed by atoms with Gasteiger partial charge in [-0.15, -0.1) is 0 Å². The number of ether oxygens (including phenoxy) is 1. The number of aryl methyl sites for hydroxylation is 2. The Labute approximate surface area is 223 Å². The molecule has 0 aromatic heterocycles. The number of carbonyl (C=O) groups is 2. The number of nitrogens with one attached hydrogen (secondary N) is 1. The highest BCUT2D eigenvalue weighted by molar-refractivity contribution is 6.32. The van der Waals surface area contributed by atoms with Crippen LogP contribution in [0.15, 0.2) is 66.7 Å². The van der Waals surface area contributed by atoms with E-state index in [-0.39, 0.29) is 31.0 Å². The fourth-order valence-corrected chi connectivity index (χ4v) is 4.31. The zero-order valence-electron chi connectivity index (χ0n) is 21.1. The molecule has 1 N–H and O–H groups in total. The summed E-state index contributed by atoms with van der Waals surface area (Å²) in [4.78, 5) is 28.6. The normalized spacial score (nSPS) is 11.8. The van der Waals surface area contributed by atoms with Gasteiger partial charge in [0.1, 0.15) is 11.8 Å². The summed E-state index contributed by atoms with van der Waals surface area (Å²) in [6, 6.07) is 19.8. The predicted octanol–water partition coefficient (Wildman–Crippen LogP) is 6.15.